The largest absolute Gasteiger partial charge is 0.447 e. The number of carbonyl (C=O) groups excluding carboxylic acids is 1. The Hall–Kier alpha value is -3.74. The zero-order valence-electron chi connectivity index (χ0n) is 20.2. The van der Waals surface area contributed by atoms with Gasteiger partial charge in [0.05, 0.1) is 4.90 Å². The zero-order chi connectivity index (χ0) is 26.6. The van der Waals surface area contributed by atoms with Gasteiger partial charge in [-0.3, -0.25) is 18.5 Å². The van der Waals surface area contributed by atoms with Crippen LogP contribution in [-0.4, -0.2) is 42.9 Å². The molecule has 12 heteroatoms. The van der Waals surface area contributed by atoms with Crippen molar-refractivity contribution >= 4 is 16.2 Å². The Balaban J connectivity index is 1.50. The highest BCUT2D eigenvalue weighted by atomic mass is 32.2. The average molecular weight is 530 g/mol. The highest BCUT2D eigenvalue weighted by molar-refractivity contribution is 7.86. The maximum atomic E-state index is 12.9. The van der Waals surface area contributed by atoms with Gasteiger partial charge in [-0.2, -0.15) is 8.42 Å². The van der Waals surface area contributed by atoms with E-state index in [2.05, 4.69) is 10.3 Å². The van der Waals surface area contributed by atoms with Gasteiger partial charge in [-0.15, -0.1) is 0 Å². The van der Waals surface area contributed by atoms with E-state index < -0.39 is 45.9 Å². The zero-order valence-corrected chi connectivity index (χ0v) is 21.1. The summed E-state index contributed by atoms with van der Waals surface area (Å²) in [5.74, 6) is 0. The van der Waals surface area contributed by atoms with Gasteiger partial charge in [0.15, 0.2) is 0 Å². The van der Waals surface area contributed by atoms with Crippen LogP contribution in [0.4, 0.5) is 4.79 Å². The molecule has 2 aromatic carbocycles. The van der Waals surface area contributed by atoms with Crippen molar-refractivity contribution in [3.8, 4) is 0 Å². The van der Waals surface area contributed by atoms with E-state index in [1.165, 1.54) is 25.3 Å². The second-order valence-corrected chi connectivity index (χ2v) is 10.3. The van der Waals surface area contributed by atoms with Crippen LogP contribution in [0.5, 0.6) is 0 Å². The minimum atomic E-state index is -4.19. The number of aryl methyl sites for hydroxylation is 2. The summed E-state index contributed by atoms with van der Waals surface area (Å²) < 4.78 is 43.7. The Labute approximate surface area is 213 Å². The molecule has 1 aromatic heterocycles. The number of benzene rings is 2. The lowest BCUT2D eigenvalue weighted by atomic mass is 10.2. The van der Waals surface area contributed by atoms with Crippen molar-refractivity contribution in [2.24, 2.45) is 0 Å². The fourth-order valence-electron chi connectivity index (χ4n) is 3.82. The van der Waals surface area contributed by atoms with Crippen molar-refractivity contribution in [1.82, 2.24) is 14.9 Å². The second-order valence-electron chi connectivity index (χ2n) is 8.68. The van der Waals surface area contributed by atoms with Crippen LogP contribution in [0.2, 0.25) is 0 Å². The van der Waals surface area contributed by atoms with Crippen molar-refractivity contribution in [3.63, 3.8) is 0 Å². The molecule has 0 spiro atoms. The number of H-pyrrole nitrogens is 1. The molecule has 4 rings (SSSR count). The highest BCUT2D eigenvalue weighted by Crippen LogP contribution is 2.32. The SMILES string of the molecule is Cc1ccc(S(=O)(=O)O[C@H]2C[C@H](n3cc(C)c(=O)[nH]c3=O)O[C@@H]2COC(=O)NCc2ccccc2)cc1. The first-order valence-electron chi connectivity index (χ1n) is 11.5. The van der Waals surface area contributed by atoms with E-state index in [-0.39, 0.29) is 30.0 Å². The molecular weight excluding hydrogens is 502 g/mol. The quantitative estimate of drug-likeness (QED) is 0.422. The number of hydrogen-bond acceptors (Lipinski definition) is 8. The summed E-state index contributed by atoms with van der Waals surface area (Å²) in [6.07, 6.45) is -2.48. The number of amides is 1. The standard InChI is InChI=1S/C25H27N3O8S/c1-16-8-10-19(11-9-16)37(32,33)36-20-12-22(28-14-17(2)23(29)27-24(28)30)35-21(20)15-34-25(31)26-13-18-6-4-3-5-7-18/h3-11,14,20-22H,12-13,15H2,1-2H3,(H,26,31)(H,27,29,30)/t20-,21+,22+/m0/s1. The predicted octanol–water partition coefficient (Wildman–Crippen LogP) is 2.14. The number of nitrogens with one attached hydrogen (secondary N) is 2. The fraction of sp³-hybridized carbons (Fsp3) is 0.320. The number of hydrogen-bond donors (Lipinski definition) is 2. The van der Waals surface area contributed by atoms with Crippen molar-refractivity contribution in [2.45, 2.75) is 50.1 Å². The van der Waals surface area contributed by atoms with Crippen LogP contribution < -0.4 is 16.6 Å². The minimum Gasteiger partial charge on any atom is -0.447 e. The lowest BCUT2D eigenvalue weighted by Crippen LogP contribution is -2.35. The number of carbonyl (C=O) groups is 1. The van der Waals surface area contributed by atoms with Crippen LogP contribution in [0.25, 0.3) is 0 Å². The van der Waals surface area contributed by atoms with Crippen molar-refractivity contribution in [1.29, 1.82) is 0 Å². The lowest BCUT2D eigenvalue weighted by Gasteiger charge is -2.19. The molecule has 3 aromatic rings. The van der Waals surface area contributed by atoms with Crippen LogP contribution in [0.3, 0.4) is 0 Å². The molecular formula is C25H27N3O8S. The summed E-state index contributed by atoms with van der Waals surface area (Å²) >= 11 is 0. The molecule has 1 amide bonds. The lowest BCUT2D eigenvalue weighted by molar-refractivity contribution is -0.0447. The topological polar surface area (TPSA) is 146 Å². The molecule has 0 aliphatic carbocycles. The van der Waals surface area contributed by atoms with Gasteiger partial charge < -0.3 is 14.8 Å². The van der Waals surface area contributed by atoms with E-state index in [1.54, 1.807) is 12.1 Å². The van der Waals surface area contributed by atoms with E-state index >= 15 is 0 Å². The first-order valence-corrected chi connectivity index (χ1v) is 13.0. The van der Waals surface area contributed by atoms with E-state index in [1.807, 2.05) is 37.3 Å². The molecule has 0 unspecified atom stereocenters. The molecule has 0 radical (unpaired) electrons. The van der Waals surface area contributed by atoms with Gasteiger partial charge in [0.1, 0.15) is 25.0 Å². The Morgan fingerprint density at radius 3 is 2.51 bits per heavy atom. The number of aromatic nitrogens is 2. The number of nitrogens with zero attached hydrogens (tertiary/aromatic N) is 1. The summed E-state index contributed by atoms with van der Waals surface area (Å²) in [6, 6.07) is 15.4. The Bertz CT molecular complexity index is 1470. The molecule has 1 aliphatic heterocycles. The normalized spacial score (nSPS) is 19.5. The molecule has 1 aliphatic rings. The van der Waals surface area contributed by atoms with E-state index in [0.29, 0.717) is 0 Å². The summed E-state index contributed by atoms with van der Waals surface area (Å²) in [4.78, 5) is 38.6. The summed E-state index contributed by atoms with van der Waals surface area (Å²) in [5.41, 5.74) is 0.762. The van der Waals surface area contributed by atoms with Crippen molar-refractivity contribution in [3.05, 3.63) is 98.3 Å². The number of ether oxygens (including phenoxy) is 2. The second kappa shape index (κ2) is 11.1. The van der Waals surface area contributed by atoms with E-state index in [4.69, 9.17) is 13.7 Å². The van der Waals surface area contributed by atoms with Gasteiger partial charge in [0, 0.05) is 24.7 Å². The van der Waals surface area contributed by atoms with Gasteiger partial charge >= 0.3 is 11.8 Å². The third-order valence-corrected chi connectivity index (χ3v) is 7.20. The monoisotopic (exact) mass is 529 g/mol. The van der Waals surface area contributed by atoms with Gasteiger partial charge in [-0.25, -0.2) is 9.59 Å². The maximum absolute atomic E-state index is 12.9. The molecule has 3 atom stereocenters. The van der Waals surface area contributed by atoms with Crippen LogP contribution in [0, 0.1) is 13.8 Å². The van der Waals surface area contributed by atoms with E-state index in [9.17, 15) is 22.8 Å². The highest BCUT2D eigenvalue weighted by Gasteiger charge is 2.41. The molecule has 0 bridgehead atoms. The fourth-order valence-corrected chi connectivity index (χ4v) is 4.93. The van der Waals surface area contributed by atoms with Crippen LogP contribution in [0.15, 0.2) is 75.3 Å². The Morgan fingerprint density at radius 2 is 1.81 bits per heavy atom. The molecule has 1 saturated heterocycles. The van der Waals surface area contributed by atoms with Gasteiger partial charge in [0.25, 0.3) is 15.7 Å². The smallest absolute Gasteiger partial charge is 0.407 e. The average Bonchev–Trinajstić information content (AvgIpc) is 3.26. The third kappa shape index (κ3) is 6.53. The van der Waals surface area contributed by atoms with Gasteiger partial charge in [0.2, 0.25) is 0 Å². The van der Waals surface area contributed by atoms with Gasteiger partial charge in [-0.05, 0) is 31.5 Å². The molecule has 2 N–H and O–H groups in total. The Morgan fingerprint density at radius 1 is 1.11 bits per heavy atom. The molecule has 11 nitrogen and oxygen atoms in total. The van der Waals surface area contributed by atoms with E-state index in [0.717, 1.165) is 15.7 Å². The Kier molecular flexibility index (Phi) is 7.91. The number of aromatic amines is 1. The van der Waals surface area contributed by atoms with Crippen molar-refractivity contribution < 1.29 is 26.9 Å². The number of alkyl carbamates (subject to hydrolysis) is 1. The summed E-state index contributed by atoms with van der Waals surface area (Å²) in [7, 11) is -4.19. The van der Waals surface area contributed by atoms with Crippen molar-refractivity contribution in [2.75, 3.05) is 6.61 Å². The number of rotatable bonds is 8. The first-order chi connectivity index (χ1) is 17.6. The third-order valence-electron chi connectivity index (χ3n) is 5.85. The van der Waals surface area contributed by atoms with Crippen LogP contribution >= 0.6 is 0 Å². The molecule has 37 heavy (non-hydrogen) atoms. The summed E-state index contributed by atoms with van der Waals surface area (Å²) in [6.45, 7) is 3.26. The predicted molar refractivity (Wildman–Crippen MR) is 132 cm³/mol. The first kappa shape index (κ1) is 26.3. The minimum absolute atomic E-state index is 0.0427. The molecule has 1 fully saturated rings. The summed E-state index contributed by atoms with van der Waals surface area (Å²) in [5, 5.41) is 2.61. The molecule has 2 heterocycles. The molecule has 196 valence electrons. The van der Waals surface area contributed by atoms with Crippen LogP contribution in [0.1, 0.15) is 29.3 Å². The maximum Gasteiger partial charge on any atom is 0.407 e. The molecule has 0 saturated carbocycles. The van der Waals surface area contributed by atoms with Gasteiger partial charge in [-0.1, -0.05) is 48.0 Å². The van der Waals surface area contributed by atoms with Crippen LogP contribution in [-0.2, 0) is 30.3 Å².